The monoisotopic (exact) mass is 360 g/mol. The van der Waals surface area contributed by atoms with Crippen LogP contribution in [0.3, 0.4) is 0 Å². The number of hydrogen-bond donors (Lipinski definition) is 2. The fraction of sp³-hybridized carbons (Fsp3) is 0.588. The van der Waals surface area contributed by atoms with E-state index in [1.165, 1.54) is 12.1 Å². The average molecular weight is 360 g/mol. The quantitative estimate of drug-likeness (QED) is 0.804. The number of carboxylic acid groups (broad SMARTS) is 1. The molecule has 0 aliphatic carbocycles. The van der Waals surface area contributed by atoms with Crippen LogP contribution in [0.25, 0.3) is 0 Å². The summed E-state index contributed by atoms with van der Waals surface area (Å²) in [4.78, 5) is 12.7. The lowest BCUT2D eigenvalue weighted by molar-refractivity contribution is -0.274. The number of hydrogen-bond acceptors (Lipinski definition) is 3. The second kappa shape index (κ2) is 8.42. The first kappa shape index (κ1) is 19.4. The maximum Gasteiger partial charge on any atom is 0.573 e. The van der Waals surface area contributed by atoms with Crippen molar-refractivity contribution in [3.8, 4) is 5.75 Å². The topological polar surface area (TPSA) is 61.8 Å². The van der Waals surface area contributed by atoms with Crippen LogP contribution in [0.15, 0.2) is 24.3 Å². The average Bonchev–Trinajstić information content (AvgIpc) is 2.53. The van der Waals surface area contributed by atoms with Gasteiger partial charge in [0.1, 0.15) is 5.75 Å². The Balaban J connectivity index is 1.86. The Morgan fingerprint density at radius 3 is 2.68 bits per heavy atom. The smallest absolute Gasteiger partial charge is 0.465 e. The van der Waals surface area contributed by atoms with Crippen molar-refractivity contribution in [3.63, 3.8) is 0 Å². The Bertz CT molecular complexity index is 573. The lowest BCUT2D eigenvalue weighted by Gasteiger charge is -2.36. The van der Waals surface area contributed by atoms with Crippen LogP contribution < -0.4 is 10.1 Å². The van der Waals surface area contributed by atoms with Gasteiger partial charge in [-0.3, -0.25) is 4.90 Å². The largest absolute Gasteiger partial charge is 0.573 e. The van der Waals surface area contributed by atoms with E-state index in [4.69, 9.17) is 5.11 Å². The van der Waals surface area contributed by atoms with E-state index in [0.717, 1.165) is 37.9 Å². The number of benzene rings is 1. The highest BCUT2D eigenvalue weighted by Gasteiger charge is 2.31. The number of nitrogens with one attached hydrogen (secondary N) is 1. The van der Waals surface area contributed by atoms with Gasteiger partial charge in [0.15, 0.2) is 0 Å². The van der Waals surface area contributed by atoms with Gasteiger partial charge in [0.2, 0.25) is 0 Å². The zero-order chi connectivity index (χ0) is 18.4. The molecule has 0 aromatic heterocycles. The summed E-state index contributed by atoms with van der Waals surface area (Å²) in [7, 11) is 0. The van der Waals surface area contributed by atoms with Gasteiger partial charge >= 0.3 is 12.5 Å². The Hall–Kier alpha value is -1.96. The van der Waals surface area contributed by atoms with Gasteiger partial charge in [0, 0.05) is 12.6 Å². The molecule has 1 aliphatic heterocycles. The molecule has 1 aromatic rings. The normalized spacial score (nSPS) is 17.9. The van der Waals surface area contributed by atoms with Gasteiger partial charge in [-0.05, 0) is 62.9 Å². The maximum atomic E-state index is 12.3. The highest BCUT2D eigenvalue weighted by molar-refractivity contribution is 5.64. The summed E-state index contributed by atoms with van der Waals surface area (Å²) in [6, 6.07) is 6.09. The molecule has 2 N–H and O–H groups in total. The molecule has 8 heteroatoms. The van der Waals surface area contributed by atoms with E-state index < -0.39 is 12.5 Å². The van der Waals surface area contributed by atoms with E-state index in [9.17, 15) is 18.0 Å². The van der Waals surface area contributed by atoms with E-state index >= 15 is 0 Å². The van der Waals surface area contributed by atoms with Gasteiger partial charge < -0.3 is 15.2 Å². The Morgan fingerprint density at radius 2 is 2.08 bits per heavy atom. The molecule has 1 heterocycles. The van der Waals surface area contributed by atoms with Crippen LogP contribution in [0, 0.1) is 5.92 Å². The maximum absolute atomic E-state index is 12.3. The highest BCUT2D eigenvalue weighted by Crippen LogP contribution is 2.30. The van der Waals surface area contributed by atoms with Gasteiger partial charge in [-0.1, -0.05) is 12.1 Å². The molecule has 1 saturated heterocycles. The van der Waals surface area contributed by atoms with Crippen molar-refractivity contribution < 1.29 is 27.8 Å². The van der Waals surface area contributed by atoms with Crippen molar-refractivity contribution in [1.29, 1.82) is 0 Å². The molecule has 0 radical (unpaired) electrons. The zero-order valence-corrected chi connectivity index (χ0v) is 14.1. The van der Waals surface area contributed by atoms with Crippen LogP contribution in [-0.4, -0.2) is 42.1 Å². The molecule has 1 unspecified atom stereocenters. The van der Waals surface area contributed by atoms with Crippen LogP contribution in [0.4, 0.5) is 18.0 Å². The molecular formula is C17H23F3N2O3. The number of nitrogens with zero attached hydrogens (tertiary/aromatic N) is 1. The van der Waals surface area contributed by atoms with Crippen LogP contribution >= 0.6 is 0 Å². The minimum Gasteiger partial charge on any atom is -0.465 e. The molecule has 2 rings (SSSR count). The fourth-order valence-electron chi connectivity index (χ4n) is 3.19. The lowest BCUT2D eigenvalue weighted by Crippen LogP contribution is -2.36. The predicted molar refractivity (Wildman–Crippen MR) is 86.5 cm³/mol. The standard InChI is InChI=1S/C17H23F3N2O3/c1-12(14-3-2-4-15(11-14)25-17(18,19)20)22-9-6-13(7-10-22)5-8-21-16(23)24/h2-4,11-13,21H,5-10H2,1H3,(H,23,24). The molecule has 1 atom stereocenters. The third-order valence-corrected chi connectivity index (χ3v) is 4.60. The van der Waals surface area contributed by atoms with Gasteiger partial charge in [-0.2, -0.15) is 0 Å². The Labute approximate surface area is 144 Å². The Morgan fingerprint density at radius 1 is 1.40 bits per heavy atom. The predicted octanol–water partition coefficient (Wildman–Crippen LogP) is 4.02. The highest BCUT2D eigenvalue weighted by atomic mass is 19.4. The molecule has 25 heavy (non-hydrogen) atoms. The number of likely N-dealkylation sites (tertiary alicyclic amines) is 1. The molecule has 0 saturated carbocycles. The molecule has 0 bridgehead atoms. The number of halogens is 3. The number of amides is 1. The molecule has 1 aliphatic rings. The van der Waals surface area contributed by atoms with Gasteiger partial charge in [-0.25, -0.2) is 4.79 Å². The zero-order valence-electron chi connectivity index (χ0n) is 14.1. The molecular weight excluding hydrogens is 337 g/mol. The van der Waals surface area contributed by atoms with Gasteiger partial charge in [0.25, 0.3) is 0 Å². The first-order valence-corrected chi connectivity index (χ1v) is 8.31. The number of rotatable bonds is 6. The molecule has 140 valence electrons. The minimum absolute atomic E-state index is 0.00474. The number of ether oxygens (including phenoxy) is 1. The van der Waals surface area contributed by atoms with E-state index in [1.807, 2.05) is 6.92 Å². The molecule has 1 aromatic carbocycles. The Kier molecular flexibility index (Phi) is 6.52. The van der Waals surface area contributed by atoms with Crippen molar-refractivity contribution in [3.05, 3.63) is 29.8 Å². The van der Waals surface area contributed by atoms with Gasteiger partial charge in [-0.15, -0.1) is 13.2 Å². The van der Waals surface area contributed by atoms with Crippen molar-refractivity contribution in [2.75, 3.05) is 19.6 Å². The van der Waals surface area contributed by atoms with Crippen LogP contribution in [-0.2, 0) is 0 Å². The summed E-state index contributed by atoms with van der Waals surface area (Å²) in [6.07, 6.45) is -2.99. The van der Waals surface area contributed by atoms with Crippen molar-refractivity contribution in [1.82, 2.24) is 10.2 Å². The fourth-order valence-corrected chi connectivity index (χ4v) is 3.19. The second-order valence-electron chi connectivity index (χ2n) is 6.30. The number of alkyl halides is 3. The van der Waals surface area contributed by atoms with Crippen LogP contribution in [0.2, 0.25) is 0 Å². The van der Waals surface area contributed by atoms with Gasteiger partial charge in [0.05, 0.1) is 0 Å². The minimum atomic E-state index is -4.69. The molecule has 5 nitrogen and oxygen atoms in total. The van der Waals surface area contributed by atoms with Crippen molar-refractivity contribution in [2.24, 2.45) is 5.92 Å². The lowest BCUT2D eigenvalue weighted by atomic mass is 9.92. The van der Waals surface area contributed by atoms with E-state index in [2.05, 4.69) is 15.0 Å². The van der Waals surface area contributed by atoms with Crippen molar-refractivity contribution >= 4 is 6.09 Å². The van der Waals surface area contributed by atoms with Crippen LogP contribution in [0.1, 0.15) is 37.8 Å². The van der Waals surface area contributed by atoms with E-state index in [1.54, 1.807) is 12.1 Å². The molecule has 0 spiro atoms. The first-order chi connectivity index (χ1) is 11.7. The molecule has 1 amide bonds. The second-order valence-corrected chi connectivity index (χ2v) is 6.30. The van der Waals surface area contributed by atoms with E-state index in [0.29, 0.717) is 12.5 Å². The van der Waals surface area contributed by atoms with Crippen molar-refractivity contribution in [2.45, 2.75) is 38.6 Å². The number of carbonyl (C=O) groups is 1. The summed E-state index contributed by atoms with van der Waals surface area (Å²) in [6.45, 7) is 4.10. The third-order valence-electron chi connectivity index (χ3n) is 4.60. The first-order valence-electron chi connectivity index (χ1n) is 8.31. The summed E-state index contributed by atoms with van der Waals surface area (Å²) in [5.41, 5.74) is 0.785. The van der Waals surface area contributed by atoms with E-state index in [-0.39, 0.29) is 11.8 Å². The molecule has 1 fully saturated rings. The summed E-state index contributed by atoms with van der Waals surface area (Å²) >= 11 is 0. The van der Waals surface area contributed by atoms with Crippen LogP contribution in [0.5, 0.6) is 5.75 Å². The summed E-state index contributed by atoms with van der Waals surface area (Å²) < 4.78 is 41.0. The summed E-state index contributed by atoms with van der Waals surface area (Å²) in [5.74, 6) is 0.265. The summed E-state index contributed by atoms with van der Waals surface area (Å²) in [5, 5.41) is 11.0. The number of piperidine rings is 1. The third kappa shape index (κ3) is 6.45. The SMILES string of the molecule is CC(c1cccc(OC(F)(F)F)c1)N1CCC(CCNC(=O)O)CC1.